The Bertz CT molecular complexity index is 531. The molecule has 0 aromatic carbocycles. The maximum absolute atomic E-state index is 12.9. The topological polar surface area (TPSA) is 81.8 Å². The van der Waals surface area contributed by atoms with Gasteiger partial charge in [0.25, 0.3) is 5.91 Å². The molecule has 1 saturated carbocycles. The van der Waals surface area contributed by atoms with Crippen LogP contribution in [0.15, 0.2) is 0 Å². The Labute approximate surface area is 161 Å². The Hall–Kier alpha value is -1.34. The molecular formula is C18H31ClN4O3. The first-order valence-electron chi connectivity index (χ1n) is 9.72. The lowest BCUT2D eigenvalue weighted by Gasteiger charge is -2.35. The number of carbonyl (C=O) groups is 3. The molecule has 0 unspecified atom stereocenters. The number of halogens is 1. The second kappa shape index (κ2) is 9.04. The number of rotatable bonds is 5. The van der Waals surface area contributed by atoms with Gasteiger partial charge in [0.05, 0.1) is 0 Å². The number of urea groups is 1. The van der Waals surface area contributed by atoms with Crippen LogP contribution in [-0.2, 0) is 9.59 Å². The van der Waals surface area contributed by atoms with Gasteiger partial charge in [-0.3, -0.25) is 14.5 Å². The molecule has 7 nitrogen and oxygen atoms in total. The van der Waals surface area contributed by atoms with E-state index >= 15 is 0 Å². The standard InChI is InChI=1S/C18H30N4O3.ClH/c1-2-12-21(14-6-10-19-11-7-14)15(23)13-22-16(24)18(20-17(22)25)8-4-3-5-9-18;/h14,19H,2-13H2,1H3,(H,20,25);1H. The average Bonchev–Trinajstić information content (AvgIpc) is 2.85. The number of imide groups is 1. The highest BCUT2D eigenvalue weighted by atomic mass is 35.5. The van der Waals surface area contributed by atoms with E-state index in [0.717, 1.165) is 56.5 Å². The number of amides is 4. The number of hydrogen-bond acceptors (Lipinski definition) is 4. The predicted molar refractivity (Wildman–Crippen MR) is 101 cm³/mol. The molecule has 3 rings (SSSR count). The fourth-order valence-electron chi connectivity index (χ4n) is 4.41. The molecule has 1 spiro atoms. The molecule has 0 radical (unpaired) electrons. The zero-order valence-electron chi connectivity index (χ0n) is 15.6. The van der Waals surface area contributed by atoms with Gasteiger partial charge in [0.2, 0.25) is 5.91 Å². The maximum atomic E-state index is 12.9. The first-order chi connectivity index (χ1) is 12.1. The lowest BCUT2D eigenvalue weighted by molar-refractivity contribution is -0.141. The van der Waals surface area contributed by atoms with Gasteiger partial charge in [-0.2, -0.15) is 0 Å². The van der Waals surface area contributed by atoms with Crippen LogP contribution in [0.1, 0.15) is 58.3 Å². The molecule has 8 heteroatoms. The number of nitrogens with zero attached hydrogens (tertiary/aromatic N) is 2. The molecule has 3 fully saturated rings. The van der Waals surface area contributed by atoms with E-state index in [1.165, 1.54) is 0 Å². The minimum atomic E-state index is -0.750. The van der Waals surface area contributed by atoms with Crippen molar-refractivity contribution >= 4 is 30.3 Å². The summed E-state index contributed by atoms with van der Waals surface area (Å²) < 4.78 is 0. The third-order valence-electron chi connectivity index (χ3n) is 5.78. The van der Waals surface area contributed by atoms with E-state index in [2.05, 4.69) is 10.6 Å². The smallest absolute Gasteiger partial charge is 0.325 e. The molecule has 4 amide bonds. The van der Waals surface area contributed by atoms with Crippen LogP contribution in [0.3, 0.4) is 0 Å². The SMILES string of the molecule is CCCN(C(=O)CN1C(=O)NC2(CCCCC2)C1=O)C1CCNCC1.Cl. The van der Waals surface area contributed by atoms with Gasteiger partial charge in [-0.1, -0.05) is 26.2 Å². The summed E-state index contributed by atoms with van der Waals surface area (Å²) in [5.41, 5.74) is -0.750. The summed E-state index contributed by atoms with van der Waals surface area (Å²) in [5.74, 6) is -0.308. The van der Waals surface area contributed by atoms with E-state index in [4.69, 9.17) is 0 Å². The van der Waals surface area contributed by atoms with Gasteiger partial charge in [0, 0.05) is 12.6 Å². The molecule has 2 aliphatic heterocycles. The fourth-order valence-corrected chi connectivity index (χ4v) is 4.41. The van der Waals surface area contributed by atoms with E-state index in [1.807, 2.05) is 11.8 Å². The Morgan fingerprint density at radius 2 is 1.85 bits per heavy atom. The van der Waals surface area contributed by atoms with E-state index in [9.17, 15) is 14.4 Å². The molecule has 148 valence electrons. The summed E-state index contributed by atoms with van der Waals surface area (Å²) in [6.07, 6.45) is 7.11. The first kappa shape index (κ1) is 21.0. The van der Waals surface area contributed by atoms with Crippen molar-refractivity contribution < 1.29 is 14.4 Å². The summed E-state index contributed by atoms with van der Waals surface area (Å²) in [5, 5.41) is 6.19. The first-order valence-corrected chi connectivity index (χ1v) is 9.72. The molecular weight excluding hydrogens is 356 g/mol. The van der Waals surface area contributed by atoms with Gasteiger partial charge in [-0.05, 0) is 45.2 Å². The van der Waals surface area contributed by atoms with Gasteiger partial charge < -0.3 is 15.5 Å². The molecule has 2 N–H and O–H groups in total. The van der Waals surface area contributed by atoms with E-state index in [0.29, 0.717) is 19.4 Å². The second-order valence-electron chi connectivity index (χ2n) is 7.53. The Morgan fingerprint density at radius 1 is 1.19 bits per heavy atom. The van der Waals surface area contributed by atoms with E-state index in [1.54, 1.807) is 0 Å². The summed E-state index contributed by atoms with van der Waals surface area (Å²) in [6, 6.07) is -0.194. The average molecular weight is 387 g/mol. The van der Waals surface area contributed by atoms with Gasteiger partial charge >= 0.3 is 6.03 Å². The fraction of sp³-hybridized carbons (Fsp3) is 0.833. The van der Waals surface area contributed by atoms with Crippen molar-refractivity contribution in [2.24, 2.45) is 0 Å². The van der Waals surface area contributed by atoms with Crippen molar-refractivity contribution in [2.75, 3.05) is 26.2 Å². The van der Waals surface area contributed by atoms with Crippen LogP contribution in [-0.4, -0.2) is 65.4 Å². The van der Waals surface area contributed by atoms with Crippen LogP contribution in [0.4, 0.5) is 4.79 Å². The minimum Gasteiger partial charge on any atom is -0.338 e. The van der Waals surface area contributed by atoms with Crippen LogP contribution in [0.2, 0.25) is 0 Å². The monoisotopic (exact) mass is 386 g/mol. The summed E-state index contributed by atoms with van der Waals surface area (Å²) in [6.45, 7) is 4.41. The molecule has 2 saturated heterocycles. The quantitative estimate of drug-likeness (QED) is 0.704. The molecule has 1 aliphatic carbocycles. The summed E-state index contributed by atoms with van der Waals surface area (Å²) in [4.78, 5) is 41.1. The molecule has 2 heterocycles. The normalized spacial score (nSPS) is 22.9. The van der Waals surface area contributed by atoms with Crippen LogP contribution in [0.25, 0.3) is 0 Å². The lowest BCUT2D eigenvalue weighted by Crippen LogP contribution is -2.51. The zero-order valence-corrected chi connectivity index (χ0v) is 16.4. The van der Waals surface area contributed by atoms with Crippen LogP contribution in [0, 0.1) is 0 Å². The molecule has 0 aromatic rings. The highest BCUT2D eigenvalue weighted by molar-refractivity contribution is 6.09. The Morgan fingerprint density at radius 3 is 2.46 bits per heavy atom. The largest absolute Gasteiger partial charge is 0.338 e. The Balaban J connectivity index is 0.00000243. The van der Waals surface area contributed by atoms with Gasteiger partial charge in [0.15, 0.2) is 0 Å². The van der Waals surface area contributed by atoms with Crippen LogP contribution < -0.4 is 10.6 Å². The number of hydrogen-bond donors (Lipinski definition) is 2. The number of piperidine rings is 1. The van der Waals surface area contributed by atoms with Crippen molar-refractivity contribution in [3.8, 4) is 0 Å². The Kier molecular flexibility index (Phi) is 7.29. The summed E-state index contributed by atoms with van der Waals surface area (Å²) in [7, 11) is 0. The van der Waals surface area contributed by atoms with Gasteiger partial charge in [0.1, 0.15) is 12.1 Å². The third kappa shape index (κ3) is 4.14. The third-order valence-corrected chi connectivity index (χ3v) is 5.78. The number of nitrogens with one attached hydrogen (secondary N) is 2. The van der Waals surface area contributed by atoms with Gasteiger partial charge in [-0.15, -0.1) is 12.4 Å². The maximum Gasteiger partial charge on any atom is 0.325 e. The summed E-state index contributed by atoms with van der Waals surface area (Å²) >= 11 is 0. The second-order valence-corrected chi connectivity index (χ2v) is 7.53. The zero-order chi connectivity index (χ0) is 17.9. The van der Waals surface area contributed by atoms with E-state index < -0.39 is 11.6 Å². The molecule has 3 aliphatic rings. The minimum absolute atomic E-state index is 0. The highest BCUT2D eigenvalue weighted by Gasteiger charge is 2.51. The molecule has 0 aromatic heterocycles. The predicted octanol–water partition coefficient (Wildman–Crippen LogP) is 1.65. The van der Waals surface area contributed by atoms with Crippen LogP contribution in [0.5, 0.6) is 0 Å². The van der Waals surface area contributed by atoms with Crippen LogP contribution >= 0.6 is 12.4 Å². The molecule has 26 heavy (non-hydrogen) atoms. The van der Waals surface area contributed by atoms with Crippen molar-refractivity contribution in [2.45, 2.75) is 69.9 Å². The highest BCUT2D eigenvalue weighted by Crippen LogP contribution is 2.33. The van der Waals surface area contributed by atoms with Crippen molar-refractivity contribution in [1.82, 2.24) is 20.4 Å². The van der Waals surface area contributed by atoms with Crippen molar-refractivity contribution in [3.05, 3.63) is 0 Å². The van der Waals surface area contributed by atoms with E-state index in [-0.39, 0.29) is 36.8 Å². The number of carbonyl (C=O) groups excluding carboxylic acids is 3. The van der Waals surface area contributed by atoms with Crippen molar-refractivity contribution in [1.29, 1.82) is 0 Å². The van der Waals surface area contributed by atoms with Crippen molar-refractivity contribution in [3.63, 3.8) is 0 Å². The molecule has 0 atom stereocenters. The van der Waals surface area contributed by atoms with Gasteiger partial charge in [-0.25, -0.2) is 4.79 Å². The molecule has 0 bridgehead atoms. The lowest BCUT2D eigenvalue weighted by atomic mass is 9.82.